The van der Waals surface area contributed by atoms with E-state index in [1.54, 1.807) is 49.4 Å². The van der Waals surface area contributed by atoms with E-state index in [-0.39, 0.29) is 17.3 Å². The third-order valence-corrected chi connectivity index (χ3v) is 6.26. The highest BCUT2D eigenvalue weighted by Crippen LogP contribution is 2.31. The van der Waals surface area contributed by atoms with Crippen molar-refractivity contribution >= 4 is 23.9 Å². The summed E-state index contributed by atoms with van der Waals surface area (Å²) in [4.78, 5) is 25.2. The quantitative estimate of drug-likeness (QED) is 0.0810. The number of hydrogen-bond acceptors (Lipinski definition) is 7. The first-order chi connectivity index (χ1) is 19.6. The van der Waals surface area contributed by atoms with Crippen molar-refractivity contribution in [3.8, 4) is 23.0 Å². The molecule has 1 atom stereocenters. The van der Waals surface area contributed by atoms with Crippen molar-refractivity contribution in [3.63, 3.8) is 0 Å². The molecule has 0 aliphatic heterocycles. The van der Waals surface area contributed by atoms with Crippen LogP contribution < -0.4 is 14.2 Å². The highest BCUT2D eigenvalue weighted by atomic mass is 16.6. The van der Waals surface area contributed by atoms with Crippen molar-refractivity contribution in [2.24, 2.45) is 5.92 Å². The molecule has 0 aliphatic rings. The molecule has 0 bridgehead atoms. The van der Waals surface area contributed by atoms with Gasteiger partial charge in [-0.25, -0.2) is 0 Å². The minimum absolute atomic E-state index is 0.00449. The smallest absolute Gasteiger partial charge is 0.318 e. The fourth-order valence-corrected chi connectivity index (χ4v) is 4.02. The number of aliphatic hydroxyl groups is 1. The van der Waals surface area contributed by atoms with Crippen LogP contribution in [0.5, 0.6) is 23.0 Å². The predicted molar refractivity (Wildman–Crippen MR) is 160 cm³/mol. The average molecular weight is 557 g/mol. The number of benzene rings is 3. The molecular weight excluding hydrogens is 520 g/mol. The van der Waals surface area contributed by atoms with Gasteiger partial charge in [0.2, 0.25) is 0 Å². The number of aliphatic hydroxyl groups excluding tert-OH is 1. The number of methoxy groups -OCH3 is 2. The Hall–Kier alpha value is -4.78. The molecule has 1 unspecified atom stereocenters. The molecule has 0 radical (unpaired) electrons. The van der Waals surface area contributed by atoms with Gasteiger partial charge in [-0.2, -0.15) is 0 Å². The molecule has 41 heavy (non-hydrogen) atoms. The number of esters is 1. The number of rotatable bonds is 12. The molecule has 0 heterocycles. The maximum atomic E-state index is 12.8. The molecule has 0 amide bonds. The molecule has 0 aromatic heterocycles. The number of hydrogen-bond donors (Lipinski definition) is 2. The average Bonchev–Trinajstić information content (AvgIpc) is 2.95. The Bertz CT molecular complexity index is 1450. The first kappa shape index (κ1) is 30.8. The van der Waals surface area contributed by atoms with Crippen molar-refractivity contribution in [2.75, 3.05) is 14.2 Å². The summed E-state index contributed by atoms with van der Waals surface area (Å²) in [5, 5.41) is 19.8. The molecule has 214 valence electrons. The van der Waals surface area contributed by atoms with Gasteiger partial charge in [0.05, 0.1) is 20.1 Å². The van der Waals surface area contributed by atoms with Crippen LogP contribution in [0.3, 0.4) is 0 Å². The second-order valence-electron chi connectivity index (χ2n) is 9.96. The molecule has 3 aromatic rings. The second-order valence-corrected chi connectivity index (χ2v) is 9.96. The zero-order chi connectivity index (χ0) is 29.9. The van der Waals surface area contributed by atoms with E-state index < -0.39 is 17.7 Å². The minimum atomic E-state index is -0.463. The van der Waals surface area contributed by atoms with Gasteiger partial charge in [0.15, 0.2) is 28.8 Å². The fourth-order valence-electron chi connectivity index (χ4n) is 4.02. The molecule has 0 spiro atoms. The summed E-state index contributed by atoms with van der Waals surface area (Å²) in [7, 11) is 2.91. The number of carbonyl (C=O) groups is 2. The molecule has 0 saturated heterocycles. The van der Waals surface area contributed by atoms with Gasteiger partial charge in [-0.15, -0.1) is 0 Å². The second kappa shape index (κ2) is 14.6. The lowest BCUT2D eigenvalue weighted by Gasteiger charge is -2.15. The number of ketones is 1. The van der Waals surface area contributed by atoms with E-state index in [1.807, 2.05) is 24.3 Å². The number of ether oxygens (including phenoxy) is 3. The maximum absolute atomic E-state index is 12.8. The summed E-state index contributed by atoms with van der Waals surface area (Å²) in [5.41, 5.74) is 3.41. The van der Waals surface area contributed by atoms with E-state index in [1.165, 1.54) is 38.0 Å². The molecule has 3 aromatic carbocycles. The van der Waals surface area contributed by atoms with Crippen LogP contribution in [0, 0.1) is 5.92 Å². The zero-order valence-electron chi connectivity index (χ0n) is 24.0. The Morgan fingerprint density at radius 3 is 2.05 bits per heavy atom. The molecule has 2 N–H and O–H groups in total. The summed E-state index contributed by atoms with van der Waals surface area (Å²) in [6, 6.07) is 17.7. The molecule has 0 aliphatic carbocycles. The molecule has 0 saturated carbocycles. The minimum Gasteiger partial charge on any atom is -0.508 e. The number of aromatic hydroxyl groups is 1. The van der Waals surface area contributed by atoms with Gasteiger partial charge in [0.1, 0.15) is 5.76 Å². The summed E-state index contributed by atoms with van der Waals surface area (Å²) in [6.07, 6.45) is 7.88. The third-order valence-electron chi connectivity index (χ3n) is 6.26. The summed E-state index contributed by atoms with van der Waals surface area (Å²) < 4.78 is 16.1. The lowest BCUT2D eigenvalue weighted by molar-refractivity contribution is -0.135. The summed E-state index contributed by atoms with van der Waals surface area (Å²) in [5.74, 6) is -0.0611. The van der Waals surface area contributed by atoms with Crippen molar-refractivity contribution in [1.29, 1.82) is 0 Å². The van der Waals surface area contributed by atoms with Gasteiger partial charge < -0.3 is 24.4 Å². The molecule has 7 nitrogen and oxygen atoms in total. The van der Waals surface area contributed by atoms with Crippen LogP contribution >= 0.6 is 0 Å². The van der Waals surface area contributed by atoms with E-state index in [0.717, 1.165) is 18.1 Å². The highest BCUT2D eigenvalue weighted by molar-refractivity contribution is 6.02. The highest BCUT2D eigenvalue weighted by Gasteiger charge is 2.19. The van der Waals surface area contributed by atoms with Crippen molar-refractivity contribution in [3.05, 3.63) is 107 Å². The van der Waals surface area contributed by atoms with Crippen LogP contribution in [0.15, 0.2) is 84.7 Å². The first-order valence-corrected chi connectivity index (χ1v) is 13.3. The SMILES string of the molecule is COc1cc(/C=C/C(O)=C/C(=O)/C=C/c2ccc(OC(=O)C(C)c3ccc(CC(C)C)cc3)c(OC)c2)ccc1O. The van der Waals surface area contributed by atoms with E-state index in [4.69, 9.17) is 14.2 Å². The maximum Gasteiger partial charge on any atom is 0.318 e. The molecule has 7 heteroatoms. The van der Waals surface area contributed by atoms with Gasteiger partial charge in [0, 0.05) is 6.08 Å². The van der Waals surface area contributed by atoms with Crippen molar-refractivity contribution < 1.29 is 34.0 Å². The molecule has 0 fully saturated rings. The fraction of sp³-hybridized carbons (Fsp3) is 0.235. The third kappa shape index (κ3) is 9.14. The largest absolute Gasteiger partial charge is 0.508 e. The van der Waals surface area contributed by atoms with Crippen LogP contribution in [-0.2, 0) is 16.0 Å². The van der Waals surface area contributed by atoms with E-state index in [2.05, 4.69) is 13.8 Å². The number of phenols is 1. The van der Waals surface area contributed by atoms with Gasteiger partial charge in [-0.3, -0.25) is 9.59 Å². The van der Waals surface area contributed by atoms with Gasteiger partial charge in [-0.1, -0.05) is 62.4 Å². The standard InChI is InChI=1S/C34H36O7/c1-22(2)18-24-6-12-27(13-7-24)23(3)34(38)41-31-17-11-26(20-33(31)40-5)9-15-29(36)21-28(35)14-8-25-10-16-30(37)32(19-25)39-4/h6-17,19-23,35,37H,18H2,1-5H3/b14-8+,15-9+,28-21-. The van der Waals surface area contributed by atoms with E-state index >= 15 is 0 Å². The van der Waals surface area contributed by atoms with Gasteiger partial charge in [0.25, 0.3) is 0 Å². The van der Waals surface area contributed by atoms with Crippen LogP contribution in [0.2, 0.25) is 0 Å². The topological polar surface area (TPSA) is 102 Å². The van der Waals surface area contributed by atoms with Gasteiger partial charge in [-0.05, 0) is 77.9 Å². The van der Waals surface area contributed by atoms with Crippen LogP contribution in [0.1, 0.15) is 48.9 Å². The predicted octanol–water partition coefficient (Wildman–Crippen LogP) is 7.05. The monoisotopic (exact) mass is 556 g/mol. The number of allylic oxidation sites excluding steroid dienone is 3. The Balaban J connectivity index is 1.63. The summed E-state index contributed by atoms with van der Waals surface area (Å²) >= 11 is 0. The van der Waals surface area contributed by atoms with Crippen molar-refractivity contribution in [1.82, 2.24) is 0 Å². The molecule has 3 rings (SSSR count). The van der Waals surface area contributed by atoms with Crippen molar-refractivity contribution in [2.45, 2.75) is 33.1 Å². The van der Waals surface area contributed by atoms with E-state index in [9.17, 15) is 19.8 Å². The number of carbonyl (C=O) groups excluding carboxylic acids is 2. The Morgan fingerprint density at radius 1 is 0.805 bits per heavy atom. The van der Waals surface area contributed by atoms with Crippen LogP contribution in [0.4, 0.5) is 0 Å². The summed E-state index contributed by atoms with van der Waals surface area (Å²) in [6.45, 7) is 6.14. The lowest BCUT2D eigenvalue weighted by atomic mass is 9.97. The Kier molecular flexibility index (Phi) is 10.9. The van der Waals surface area contributed by atoms with Crippen LogP contribution in [-0.4, -0.2) is 36.2 Å². The lowest BCUT2D eigenvalue weighted by Crippen LogP contribution is -2.16. The normalized spacial score (nSPS) is 12.6. The molecular formula is C34H36O7. The first-order valence-electron chi connectivity index (χ1n) is 13.3. The Labute approximate surface area is 241 Å². The van der Waals surface area contributed by atoms with Crippen LogP contribution in [0.25, 0.3) is 12.2 Å². The Morgan fingerprint density at radius 2 is 1.41 bits per heavy atom. The zero-order valence-corrected chi connectivity index (χ0v) is 24.0. The van der Waals surface area contributed by atoms with E-state index in [0.29, 0.717) is 28.5 Å². The van der Waals surface area contributed by atoms with Gasteiger partial charge >= 0.3 is 5.97 Å². The number of phenolic OH excluding ortho intramolecular Hbond substituents is 1.